The monoisotopic (exact) mass is 501 g/mol. The highest BCUT2D eigenvalue weighted by molar-refractivity contribution is 6.22. The molecule has 0 radical (unpaired) electrons. The molecule has 1 aliphatic carbocycles. The van der Waals surface area contributed by atoms with Gasteiger partial charge in [-0.05, 0) is 61.3 Å². The Morgan fingerprint density at radius 3 is 2.71 bits per heavy atom. The maximum atomic E-state index is 13.8. The van der Waals surface area contributed by atoms with Crippen molar-refractivity contribution in [3.05, 3.63) is 29.3 Å². The second kappa shape index (κ2) is 9.90. The molecule has 3 heterocycles. The average Bonchev–Trinajstić information content (AvgIpc) is 3.32. The van der Waals surface area contributed by atoms with Crippen molar-refractivity contribution in [2.45, 2.75) is 75.4 Å². The Morgan fingerprint density at radius 1 is 1.17 bits per heavy atom. The topological polar surface area (TPSA) is 105 Å². The van der Waals surface area contributed by atoms with Crippen molar-refractivity contribution in [1.82, 2.24) is 10.2 Å². The zero-order valence-corrected chi connectivity index (χ0v) is 20.7. The molecule has 188 valence electrons. The Bertz CT molecular complexity index is 1040. The molecular weight excluding hydrogens is 470 g/mol. The third-order valence-electron chi connectivity index (χ3n) is 7.98. The molecule has 4 atom stereocenters. The van der Waals surface area contributed by atoms with Crippen molar-refractivity contribution >= 4 is 40.8 Å². The van der Waals surface area contributed by atoms with E-state index in [1.165, 1.54) is 4.90 Å². The van der Waals surface area contributed by atoms with Crippen molar-refractivity contribution in [2.75, 3.05) is 18.5 Å². The van der Waals surface area contributed by atoms with Crippen LogP contribution in [0.2, 0.25) is 0 Å². The van der Waals surface area contributed by atoms with Gasteiger partial charge in [0.2, 0.25) is 11.8 Å². The zero-order valence-electron chi connectivity index (χ0n) is 19.9. The summed E-state index contributed by atoms with van der Waals surface area (Å²) in [7, 11) is 0. The highest BCUT2D eigenvalue weighted by Gasteiger charge is 2.53. The molecule has 0 bridgehead atoms. The molecule has 1 aromatic carbocycles. The fourth-order valence-electron chi connectivity index (χ4n) is 5.94. The van der Waals surface area contributed by atoms with E-state index in [1.807, 2.05) is 0 Å². The number of fused-ring (bicyclic) bond motifs is 2. The molecule has 3 aliphatic heterocycles. The molecule has 0 spiro atoms. The lowest BCUT2D eigenvalue weighted by atomic mass is 9.78. The molecule has 9 heteroatoms. The van der Waals surface area contributed by atoms with Gasteiger partial charge in [0.1, 0.15) is 24.8 Å². The molecule has 1 aromatic rings. The van der Waals surface area contributed by atoms with Crippen LogP contribution in [0, 0.1) is 11.8 Å². The van der Waals surface area contributed by atoms with Crippen molar-refractivity contribution in [2.24, 2.45) is 11.8 Å². The van der Waals surface area contributed by atoms with E-state index in [2.05, 4.69) is 17.6 Å². The summed E-state index contributed by atoms with van der Waals surface area (Å²) in [6.45, 7) is 2.40. The standard InChI is InChI=1S/C26H32ClN3O5/c1-14-5-7-15(8-6-14)22(26(34)30-12-18(27)24-23(30)20(31)13-35-24)29-25(33)17-9-10-19-16(11-17)3-2-4-21(32)28-19/h9-11,14-15,18,22-24H,2-8,12-13H2,1H3,(H,28,32)(H,29,33)/t14?,15?,18-,22?,23+,24+/m0/s1. The van der Waals surface area contributed by atoms with Gasteiger partial charge < -0.3 is 20.3 Å². The number of rotatable bonds is 4. The first-order chi connectivity index (χ1) is 16.8. The smallest absolute Gasteiger partial charge is 0.251 e. The fourth-order valence-corrected chi connectivity index (χ4v) is 6.30. The molecule has 8 nitrogen and oxygen atoms in total. The van der Waals surface area contributed by atoms with E-state index in [0.29, 0.717) is 24.3 Å². The molecule has 5 rings (SSSR count). The van der Waals surface area contributed by atoms with Gasteiger partial charge >= 0.3 is 0 Å². The van der Waals surface area contributed by atoms with Gasteiger partial charge in [-0.2, -0.15) is 0 Å². The van der Waals surface area contributed by atoms with Gasteiger partial charge in [-0.15, -0.1) is 11.6 Å². The highest BCUT2D eigenvalue weighted by atomic mass is 35.5. The molecule has 3 amide bonds. The number of amides is 3. The molecular formula is C26H32ClN3O5. The van der Waals surface area contributed by atoms with Crippen LogP contribution in [-0.2, 0) is 25.5 Å². The summed E-state index contributed by atoms with van der Waals surface area (Å²) >= 11 is 6.43. The number of alkyl halides is 1. The largest absolute Gasteiger partial charge is 0.366 e. The van der Waals surface area contributed by atoms with E-state index in [0.717, 1.165) is 43.4 Å². The van der Waals surface area contributed by atoms with Crippen LogP contribution in [0.5, 0.6) is 0 Å². The lowest BCUT2D eigenvalue weighted by Gasteiger charge is -2.35. The van der Waals surface area contributed by atoms with Gasteiger partial charge in [-0.25, -0.2) is 0 Å². The molecule has 2 saturated heterocycles. The van der Waals surface area contributed by atoms with Crippen molar-refractivity contribution < 1.29 is 23.9 Å². The lowest BCUT2D eigenvalue weighted by molar-refractivity contribution is -0.139. The average molecular weight is 502 g/mol. The Balaban J connectivity index is 1.38. The van der Waals surface area contributed by atoms with Crippen LogP contribution >= 0.6 is 11.6 Å². The van der Waals surface area contributed by atoms with Crippen molar-refractivity contribution in [3.63, 3.8) is 0 Å². The maximum absolute atomic E-state index is 13.8. The number of ether oxygens (including phenoxy) is 1. The van der Waals surface area contributed by atoms with Crippen LogP contribution in [0.15, 0.2) is 18.2 Å². The summed E-state index contributed by atoms with van der Waals surface area (Å²) in [4.78, 5) is 53.1. The van der Waals surface area contributed by atoms with Crippen LogP contribution in [0.4, 0.5) is 5.69 Å². The number of nitrogens with one attached hydrogen (secondary N) is 2. The van der Waals surface area contributed by atoms with Gasteiger partial charge in [0.25, 0.3) is 5.91 Å². The van der Waals surface area contributed by atoms with Crippen LogP contribution in [0.3, 0.4) is 0 Å². The molecule has 0 aromatic heterocycles. The number of likely N-dealkylation sites (tertiary alicyclic amines) is 1. The van der Waals surface area contributed by atoms with E-state index in [-0.39, 0.29) is 42.6 Å². The number of benzene rings is 1. The minimum atomic E-state index is -0.732. The van der Waals surface area contributed by atoms with Crippen LogP contribution in [0.1, 0.15) is 61.4 Å². The molecule has 3 fully saturated rings. The number of hydrogen-bond acceptors (Lipinski definition) is 5. The number of anilines is 1. The minimum Gasteiger partial charge on any atom is -0.366 e. The number of halogens is 1. The van der Waals surface area contributed by atoms with Gasteiger partial charge in [-0.3, -0.25) is 19.2 Å². The highest BCUT2D eigenvalue weighted by Crippen LogP contribution is 2.35. The second-order valence-corrected chi connectivity index (χ2v) is 11.0. The number of ketones is 1. The van der Waals surface area contributed by atoms with Crippen LogP contribution in [-0.4, -0.2) is 65.1 Å². The SMILES string of the molecule is CC1CCC(C(NC(=O)c2ccc3c(c2)CCCC(=O)N3)C(=O)N2C[C@H](Cl)[C@H]3OCC(=O)[C@H]32)CC1. The fraction of sp³-hybridized carbons (Fsp3) is 0.615. The number of hydrogen-bond donors (Lipinski definition) is 2. The van der Waals surface area contributed by atoms with E-state index in [4.69, 9.17) is 16.3 Å². The molecule has 2 N–H and O–H groups in total. The van der Waals surface area contributed by atoms with Gasteiger partial charge in [-0.1, -0.05) is 19.8 Å². The van der Waals surface area contributed by atoms with Gasteiger partial charge in [0.15, 0.2) is 5.78 Å². The molecule has 1 saturated carbocycles. The van der Waals surface area contributed by atoms with Crippen LogP contribution < -0.4 is 10.6 Å². The molecule has 4 aliphatic rings. The summed E-state index contributed by atoms with van der Waals surface area (Å²) < 4.78 is 5.55. The third-order valence-corrected chi connectivity index (χ3v) is 8.37. The van der Waals surface area contributed by atoms with E-state index >= 15 is 0 Å². The number of aryl methyl sites for hydroxylation is 1. The number of carbonyl (C=O) groups is 4. The predicted octanol–water partition coefficient (Wildman–Crippen LogP) is 2.67. The van der Waals surface area contributed by atoms with E-state index < -0.39 is 23.6 Å². The Labute approximate surface area is 210 Å². The zero-order chi connectivity index (χ0) is 24.7. The second-order valence-electron chi connectivity index (χ2n) is 10.4. The van der Waals surface area contributed by atoms with Gasteiger partial charge in [0.05, 0.1) is 5.38 Å². The summed E-state index contributed by atoms with van der Waals surface area (Å²) in [6.07, 6.45) is 5.05. The summed E-state index contributed by atoms with van der Waals surface area (Å²) in [5.41, 5.74) is 2.10. The minimum absolute atomic E-state index is 0.00647. The Morgan fingerprint density at radius 2 is 1.94 bits per heavy atom. The summed E-state index contributed by atoms with van der Waals surface area (Å²) in [5, 5.41) is 5.46. The first-order valence-electron chi connectivity index (χ1n) is 12.6. The third kappa shape index (κ3) is 4.83. The lowest BCUT2D eigenvalue weighted by Crippen LogP contribution is -2.55. The first kappa shape index (κ1) is 24.3. The van der Waals surface area contributed by atoms with Crippen LogP contribution in [0.25, 0.3) is 0 Å². The molecule has 35 heavy (non-hydrogen) atoms. The van der Waals surface area contributed by atoms with Crippen molar-refractivity contribution in [1.29, 1.82) is 0 Å². The van der Waals surface area contributed by atoms with E-state index in [1.54, 1.807) is 18.2 Å². The van der Waals surface area contributed by atoms with E-state index in [9.17, 15) is 19.2 Å². The number of Topliss-reactive ketones (excluding diaryl/α,β-unsaturated/α-hetero) is 1. The first-order valence-corrected chi connectivity index (χ1v) is 13.1. The maximum Gasteiger partial charge on any atom is 0.251 e. The Kier molecular flexibility index (Phi) is 6.86. The van der Waals surface area contributed by atoms with Crippen molar-refractivity contribution in [3.8, 4) is 0 Å². The normalized spacial score (nSPS) is 31.3. The summed E-state index contributed by atoms with van der Waals surface area (Å²) in [5.74, 6) is -0.158. The summed E-state index contributed by atoms with van der Waals surface area (Å²) in [6, 6.07) is 3.83. The number of carbonyl (C=O) groups excluding carboxylic acids is 4. The quantitative estimate of drug-likeness (QED) is 0.617. The predicted molar refractivity (Wildman–Crippen MR) is 130 cm³/mol. The molecule has 1 unspecified atom stereocenters. The number of nitrogens with zero attached hydrogens (tertiary/aromatic N) is 1. The van der Waals surface area contributed by atoms with Gasteiger partial charge in [0, 0.05) is 24.2 Å². The Hall–Kier alpha value is -2.45.